The molecule has 0 aliphatic rings. The number of rotatable bonds is 3. The Balaban J connectivity index is 2.03. The standard InChI is InChI=1S/C17H17NO2/c1-12-9-13(2)11-15(10-12)18-17(20)8-5-14-3-6-16(19)7-4-14/h3-11,19H,1-2H3,(H,18,20)/b8-5+. The van der Waals surface area contributed by atoms with Crippen LogP contribution in [-0.4, -0.2) is 11.0 Å². The summed E-state index contributed by atoms with van der Waals surface area (Å²) in [6.45, 7) is 3.99. The number of benzene rings is 2. The van der Waals surface area contributed by atoms with Gasteiger partial charge in [-0.25, -0.2) is 0 Å². The molecule has 0 atom stereocenters. The maximum Gasteiger partial charge on any atom is 0.248 e. The van der Waals surface area contributed by atoms with Gasteiger partial charge in [-0.2, -0.15) is 0 Å². The van der Waals surface area contributed by atoms with Crippen LogP contribution in [0.2, 0.25) is 0 Å². The van der Waals surface area contributed by atoms with Crippen LogP contribution in [-0.2, 0) is 4.79 Å². The van der Waals surface area contributed by atoms with Crippen molar-refractivity contribution in [3.05, 3.63) is 65.2 Å². The zero-order valence-electron chi connectivity index (χ0n) is 11.6. The summed E-state index contributed by atoms with van der Waals surface area (Å²) in [5.41, 5.74) is 3.88. The molecule has 2 aromatic rings. The van der Waals surface area contributed by atoms with E-state index in [4.69, 9.17) is 0 Å². The Labute approximate surface area is 118 Å². The highest BCUT2D eigenvalue weighted by Crippen LogP contribution is 2.14. The molecule has 1 amide bonds. The van der Waals surface area contributed by atoms with Gasteiger partial charge < -0.3 is 10.4 Å². The number of phenolic OH excluding ortho intramolecular Hbond substituents is 1. The van der Waals surface area contributed by atoms with Crippen LogP contribution < -0.4 is 5.32 Å². The first-order valence-electron chi connectivity index (χ1n) is 6.39. The summed E-state index contributed by atoms with van der Waals surface area (Å²) in [6, 6.07) is 12.6. The summed E-state index contributed by atoms with van der Waals surface area (Å²) >= 11 is 0. The molecule has 3 heteroatoms. The fourth-order valence-corrected chi connectivity index (χ4v) is 1.99. The van der Waals surface area contributed by atoms with E-state index >= 15 is 0 Å². The lowest BCUT2D eigenvalue weighted by Gasteiger charge is -2.05. The molecule has 20 heavy (non-hydrogen) atoms. The molecule has 2 rings (SSSR count). The quantitative estimate of drug-likeness (QED) is 0.834. The van der Waals surface area contributed by atoms with E-state index in [9.17, 15) is 9.90 Å². The Bertz CT molecular complexity index is 622. The van der Waals surface area contributed by atoms with Crippen LogP contribution in [0.25, 0.3) is 6.08 Å². The van der Waals surface area contributed by atoms with Crippen molar-refractivity contribution in [2.75, 3.05) is 5.32 Å². The summed E-state index contributed by atoms with van der Waals surface area (Å²) < 4.78 is 0. The van der Waals surface area contributed by atoms with E-state index in [-0.39, 0.29) is 11.7 Å². The molecule has 0 aliphatic heterocycles. The van der Waals surface area contributed by atoms with Crippen LogP contribution in [0.15, 0.2) is 48.5 Å². The van der Waals surface area contributed by atoms with Gasteiger partial charge in [0.1, 0.15) is 5.75 Å². The highest BCUT2D eigenvalue weighted by molar-refractivity contribution is 6.02. The van der Waals surface area contributed by atoms with Crippen LogP contribution in [0.5, 0.6) is 5.75 Å². The van der Waals surface area contributed by atoms with Gasteiger partial charge in [-0.05, 0) is 60.9 Å². The van der Waals surface area contributed by atoms with Gasteiger partial charge in [-0.15, -0.1) is 0 Å². The molecule has 0 aliphatic carbocycles. The predicted molar refractivity (Wildman–Crippen MR) is 81.7 cm³/mol. The molecule has 0 radical (unpaired) electrons. The Morgan fingerprint density at radius 2 is 1.65 bits per heavy atom. The molecule has 0 fully saturated rings. The van der Waals surface area contributed by atoms with Gasteiger partial charge in [-0.1, -0.05) is 18.2 Å². The summed E-state index contributed by atoms with van der Waals surface area (Å²) in [4.78, 5) is 11.8. The lowest BCUT2D eigenvalue weighted by Crippen LogP contribution is -2.08. The molecule has 102 valence electrons. The van der Waals surface area contributed by atoms with Crippen LogP contribution in [0, 0.1) is 13.8 Å². The van der Waals surface area contributed by atoms with Gasteiger partial charge in [0.15, 0.2) is 0 Å². The van der Waals surface area contributed by atoms with Crippen LogP contribution in [0.1, 0.15) is 16.7 Å². The van der Waals surface area contributed by atoms with Crippen molar-refractivity contribution in [3.63, 3.8) is 0 Å². The van der Waals surface area contributed by atoms with Gasteiger partial charge in [0.05, 0.1) is 0 Å². The molecule has 0 spiro atoms. The van der Waals surface area contributed by atoms with Crippen molar-refractivity contribution >= 4 is 17.7 Å². The number of carbonyl (C=O) groups is 1. The first-order valence-corrected chi connectivity index (χ1v) is 6.39. The SMILES string of the molecule is Cc1cc(C)cc(NC(=O)/C=C/c2ccc(O)cc2)c1. The maximum atomic E-state index is 11.8. The van der Waals surface area contributed by atoms with Gasteiger partial charge in [0, 0.05) is 11.8 Å². The van der Waals surface area contributed by atoms with Gasteiger partial charge in [-0.3, -0.25) is 4.79 Å². The second-order valence-corrected chi connectivity index (χ2v) is 4.79. The first-order chi connectivity index (χ1) is 9.52. The Morgan fingerprint density at radius 1 is 1.05 bits per heavy atom. The zero-order valence-corrected chi connectivity index (χ0v) is 11.6. The van der Waals surface area contributed by atoms with E-state index in [2.05, 4.69) is 11.4 Å². The highest BCUT2D eigenvalue weighted by Gasteiger charge is 1.99. The molecule has 0 heterocycles. The molecular weight excluding hydrogens is 250 g/mol. The van der Waals surface area contributed by atoms with Crippen molar-refractivity contribution in [1.29, 1.82) is 0 Å². The van der Waals surface area contributed by atoms with E-state index < -0.39 is 0 Å². The maximum absolute atomic E-state index is 11.8. The fraction of sp³-hybridized carbons (Fsp3) is 0.118. The van der Waals surface area contributed by atoms with Crippen LogP contribution in [0.4, 0.5) is 5.69 Å². The number of nitrogens with one attached hydrogen (secondary N) is 1. The minimum atomic E-state index is -0.178. The smallest absolute Gasteiger partial charge is 0.248 e. The van der Waals surface area contributed by atoms with Crippen molar-refractivity contribution in [2.45, 2.75) is 13.8 Å². The average Bonchev–Trinajstić information content (AvgIpc) is 2.37. The second kappa shape index (κ2) is 6.06. The predicted octanol–water partition coefficient (Wildman–Crippen LogP) is 3.66. The number of carbonyl (C=O) groups excluding carboxylic acids is 1. The van der Waals surface area contributed by atoms with Crippen molar-refractivity contribution < 1.29 is 9.90 Å². The normalized spacial score (nSPS) is 10.7. The molecule has 0 saturated heterocycles. The zero-order chi connectivity index (χ0) is 14.5. The number of phenols is 1. The molecule has 0 bridgehead atoms. The third-order valence-corrected chi connectivity index (χ3v) is 2.81. The lowest BCUT2D eigenvalue weighted by molar-refractivity contribution is -0.111. The Hall–Kier alpha value is -2.55. The number of hydrogen-bond donors (Lipinski definition) is 2. The molecule has 0 unspecified atom stereocenters. The summed E-state index contributed by atoms with van der Waals surface area (Å²) in [5.74, 6) is 0.0323. The summed E-state index contributed by atoms with van der Waals surface area (Å²) in [5, 5.41) is 12.0. The van der Waals surface area contributed by atoms with E-state index in [0.717, 1.165) is 22.4 Å². The van der Waals surface area contributed by atoms with E-state index in [0.29, 0.717) is 0 Å². The number of hydrogen-bond acceptors (Lipinski definition) is 2. The Kier molecular flexibility index (Phi) is 4.20. The molecule has 2 N–H and O–H groups in total. The van der Waals surface area contributed by atoms with Crippen LogP contribution in [0.3, 0.4) is 0 Å². The first kappa shape index (κ1) is 13.9. The minimum absolute atomic E-state index is 0.178. The number of aromatic hydroxyl groups is 1. The number of aryl methyl sites for hydroxylation is 2. The van der Waals surface area contributed by atoms with Gasteiger partial charge in [0.25, 0.3) is 0 Å². The molecule has 3 nitrogen and oxygen atoms in total. The molecular formula is C17H17NO2. The highest BCUT2D eigenvalue weighted by atomic mass is 16.3. The largest absolute Gasteiger partial charge is 0.508 e. The van der Waals surface area contributed by atoms with Crippen molar-refractivity contribution in [2.24, 2.45) is 0 Å². The monoisotopic (exact) mass is 267 g/mol. The van der Waals surface area contributed by atoms with Crippen LogP contribution >= 0.6 is 0 Å². The third-order valence-electron chi connectivity index (χ3n) is 2.81. The van der Waals surface area contributed by atoms with Gasteiger partial charge in [0.2, 0.25) is 5.91 Å². The summed E-state index contributed by atoms with van der Waals surface area (Å²) in [6.07, 6.45) is 3.18. The number of amides is 1. The van der Waals surface area contributed by atoms with E-state index in [1.54, 1.807) is 30.3 Å². The molecule has 0 aromatic heterocycles. The number of anilines is 1. The Morgan fingerprint density at radius 3 is 2.25 bits per heavy atom. The second-order valence-electron chi connectivity index (χ2n) is 4.79. The molecule has 2 aromatic carbocycles. The van der Waals surface area contributed by atoms with Gasteiger partial charge >= 0.3 is 0 Å². The lowest BCUT2D eigenvalue weighted by atomic mass is 10.1. The summed E-state index contributed by atoms with van der Waals surface area (Å²) in [7, 11) is 0. The average molecular weight is 267 g/mol. The van der Waals surface area contributed by atoms with Crippen molar-refractivity contribution in [3.8, 4) is 5.75 Å². The topological polar surface area (TPSA) is 49.3 Å². The van der Waals surface area contributed by atoms with E-state index in [1.807, 2.05) is 26.0 Å². The van der Waals surface area contributed by atoms with E-state index in [1.165, 1.54) is 6.08 Å². The van der Waals surface area contributed by atoms with Crippen molar-refractivity contribution in [1.82, 2.24) is 0 Å². The molecule has 0 saturated carbocycles. The third kappa shape index (κ3) is 3.99. The minimum Gasteiger partial charge on any atom is -0.508 e. The fourth-order valence-electron chi connectivity index (χ4n) is 1.99.